The molecule has 0 spiro atoms. The average Bonchev–Trinajstić information content (AvgIpc) is 3.05. The van der Waals surface area contributed by atoms with Crippen LogP contribution in [0.5, 0.6) is 0 Å². The van der Waals surface area contributed by atoms with Crippen LogP contribution in [0.4, 0.5) is 0 Å². The summed E-state index contributed by atoms with van der Waals surface area (Å²) in [6, 6.07) is 6.69. The molecule has 1 aromatic heterocycles. The lowest BCUT2D eigenvalue weighted by atomic mass is 9.81. The van der Waals surface area contributed by atoms with Crippen LogP contribution in [0.2, 0.25) is 0 Å². The molecular formula is C18H23N3O5S. The molecule has 1 aliphatic carbocycles. The molecule has 2 aromatic rings. The minimum Gasteiger partial charge on any atom is -0.313 e. The maximum atomic E-state index is 11.7. The van der Waals surface area contributed by atoms with Gasteiger partial charge in [-0.05, 0) is 30.9 Å². The number of H-pyrrole nitrogens is 1. The molecule has 1 N–H and O–H groups in total. The molecule has 1 saturated carbocycles. The summed E-state index contributed by atoms with van der Waals surface area (Å²) in [5.74, 6) is 0.340. The summed E-state index contributed by atoms with van der Waals surface area (Å²) in [7, 11) is -3.26. The van der Waals surface area contributed by atoms with E-state index >= 15 is 0 Å². The van der Waals surface area contributed by atoms with E-state index < -0.39 is 14.9 Å². The predicted molar refractivity (Wildman–Crippen MR) is 99.6 cm³/mol. The second-order valence-electron chi connectivity index (χ2n) is 6.90. The van der Waals surface area contributed by atoms with E-state index in [4.69, 9.17) is 0 Å². The van der Waals surface area contributed by atoms with Gasteiger partial charge >= 0.3 is 0 Å². The molecule has 3 rings (SSSR count). The molecule has 1 aromatic carbocycles. The highest BCUT2D eigenvalue weighted by Gasteiger charge is 2.25. The van der Waals surface area contributed by atoms with Crippen LogP contribution in [0.25, 0.3) is 11.3 Å². The van der Waals surface area contributed by atoms with Gasteiger partial charge in [0.25, 0.3) is 5.09 Å². The second kappa shape index (κ2) is 8.08. The number of aromatic amines is 1. The summed E-state index contributed by atoms with van der Waals surface area (Å²) in [5.41, 5.74) is 3.55. The molecule has 0 atom stereocenters. The number of hydrogen-bond donors (Lipinski definition) is 1. The molecule has 8 nitrogen and oxygen atoms in total. The smallest absolute Gasteiger partial charge is 0.294 e. The SMILES string of the molecule is CS(=O)(=O)c1ccc(-c2n[nH]c(CCO[N+](=O)[O-])c2C2CCCCC2)cc1. The fourth-order valence-corrected chi connectivity index (χ4v) is 4.34. The maximum Gasteiger partial charge on any atom is 0.294 e. The minimum absolute atomic E-state index is 0.0264. The van der Waals surface area contributed by atoms with Crippen LogP contribution >= 0.6 is 0 Å². The van der Waals surface area contributed by atoms with Crippen molar-refractivity contribution in [3.05, 3.63) is 45.6 Å². The van der Waals surface area contributed by atoms with Crippen molar-refractivity contribution < 1.29 is 18.3 Å². The summed E-state index contributed by atoms with van der Waals surface area (Å²) >= 11 is 0. The van der Waals surface area contributed by atoms with Gasteiger partial charge in [-0.15, -0.1) is 10.1 Å². The van der Waals surface area contributed by atoms with Crippen molar-refractivity contribution in [2.75, 3.05) is 12.9 Å². The molecule has 0 saturated heterocycles. The van der Waals surface area contributed by atoms with Gasteiger partial charge in [0.05, 0.1) is 10.6 Å². The normalized spacial score (nSPS) is 15.6. The van der Waals surface area contributed by atoms with Crippen LogP contribution in [-0.2, 0) is 21.1 Å². The Morgan fingerprint density at radius 2 is 1.89 bits per heavy atom. The molecule has 1 aliphatic rings. The molecular weight excluding hydrogens is 370 g/mol. The number of nitrogens with zero attached hydrogens (tertiary/aromatic N) is 2. The zero-order chi connectivity index (χ0) is 19.4. The van der Waals surface area contributed by atoms with E-state index in [0.29, 0.717) is 12.3 Å². The van der Waals surface area contributed by atoms with Gasteiger partial charge in [0, 0.05) is 29.5 Å². The fourth-order valence-electron chi connectivity index (χ4n) is 3.71. The Kier molecular flexibility index (Phi) is 5.79. The Labute approximate surface area is 158 Å². The van der Waals surface area contributed by atoms with E-state index in [9.17, 15) is 18.5 Å². The van der Waals surface area contributed by atoms with Gasteiger partial charge < -0.3 is 4.84 Å². The Bertz CT molecular complexity index is 900. The molecule has 27 heavy (non-hydrogen) atoms. The van der Waals surface area contributed by atoms with Crippen LogP contribution < -0.4 is 0 Å². The first kappa shape index (κ1) is 19.3. The quantitative estimate of drug-likeness (QED) is 0.570. The summed E-state index contributed by atoms with van der Waals surface area (Å²) in [6.45, 7) is -0.0264. The van der Waals surface area contributed by atoms with Crippen LogP contribution in [0.15, 0.2) is 29.2 Å². The van der Waals surface area contributed by atoms with Gasteiger partial charge in [-0.3, -0.25) is 5.10 Å². The zero-order valence-corrected chi connectivity index (χ0v) is 16.0. The summed E-state index contributed by atoms with van der Waals surface area (Å²) < 4.78 is 23.4. The third-order valence-electron chi connectivity index (χ3n) is 5.00. The van der Waals surface area contributed by atoms with Crippen molar-refractivity contribution in [2.24, 2.45) is 0 Å². The molecule has 9 heteroatoms. The van der Waals surface area contributed by atoms with E-state index in [2.05, 4.69) is 15.0 Å². The molecule has 0 unspecified atom stereocenters. The highest BCUT2D eigenvalue weighted by atomic mass is 32.2. The van der Waals surface area contributed by atoms with E-state index in [-0.39, 0.29) is 11.5 Å². The van der Waals surface area contributed by atoms with Crippen molar-refractivity contribution in [2.45, 2.75) is 49.3 Å². The summed E-state index contributed by atoms with van der Waals surface area (Å²) in [4.78, 5) is 15.2. The van der Waals surface area contributed by atoms with Crippen molar-refractivity contribution in [1.82, 2.24) is 10.2 Å². The minimum atomic E-state index is -3.26. The van der Waals surface area contributed by atoms with Crippen LogP contribution in [0.3, 0.4) is 0 Å². The monoisotopic (exact) mass is 393 g/mol. The second-order valence-corrected chi connectivity index (χ2v) is 8.92. The van der Waals surface area contributed by atoms with Gasteiger partial charge in [-0.2, -0.15) is 5.10 Å². The molecule has 0 aliphatic heterocycles. The molecule has 0 amide bonds. The zero-order valence-electron chi connectivity index (χ0n) is 15.2. The van der Waals surface area contributed by atoms with Gasteiger partial charge in [0.2, 0.25) is 0 Å². The summed E-state index contributed by atoms with van der Waals surface area (Å²) in [6.07, 6.45) is 7.17. The molecule has 0 radical (unpaired) electrons. The number of benzene rings is 1. The molecule has 1 fully saturated rings. The van der Waals surface area contributed by atoms with Gasteiger partial charge in [-0.25, -0.2) is 8.42 Å². The van der Waals surface area contributed by atoms with Crippen molar-refractivity contribution in [3.8, 4) is 11.3 Å². The maximum absolute atomic E-state index is 11.7. The summed E-state index contributed by atoms with van der Waals surface area (Å²) in [5, 5.41) is 17.1. The topological polar surface area (TPSA) is 115 Å². The van der Waals surface area contributed by atoms with Crippen molar-refractivity contribution >= 4 is 9.84 Å². The van der Waals surface area contributed by atoms with E-state index in [1.165, 1.54) is 12.7 Å². The van der Waals surface area contributed by atoms with Crippen molar-refractivity contribution in [1.29, 1.82) is 0 Å². The molecule has 146 valence electrons. The Hall–Kier alpha value is -2.42. The van der Waals surface area contributed by atoms with Gasteiger partial charge in [-0.1, -0.05) is 31.4 Å². The highest BCUT2D eigenvalue weighted by Crippen LogP contribution is 2.39. The first-order chi connectivity index (χ1) is 12.9. The van der Waals surface area contributed by atoms with Crippen LogP contribution in [0, 0.1) is 10.1 Å². The Balaban J connectivity index is 1.93. The van der Waals surface area contributed by atoms with Crippen LogP contribution in [-0.4, -0.2) is 36.6 Å². The van der Waals surface area contributed by atoms with Gasteiger partial charge in [0.1, 0.15) is 6.61 Å². The third-order valence-corrected chi connectivity index (χ3v) is 6.13. The number of nitrogens with one attached hydrogen (secondary N) is 1. The lowest BCUT2D eigenvalue weighted by molar-refractivity contribution is -0.757. The number of aromatic nitrogens is 2. The predicted octanol–water partition coefficient (Wildman–Crippen LogP) is 3.28. The Morgan fingerprint density at radius 3 is 2.48 bits per heavy atom. The largest absolute Gasteiger partial charge is 0.313 e. The average molecular weight is 393 g/mol. The van der Waals surface area contributed by atoms with Crippen LogP contribution in [0.1, 0.15) is 49.3 Å². The number of sulfone groups is 1. The first-order valence-corrected chi connectivity index (χ1v) is 10.9. The number of rotatable bonds is 7. The Morgan fingerprint density at radius 1 is 1.22 bits per heavy atom. The van der Waals surface area contributed by atoms with Gasteiger partial charge in [0.15, 0.2) is 9.84 Å². The van der Waals surface area contributed by atoms with Crippen molar-refractivity contribution in [3.63, 3.8) is 0 Å². The lowest BCUT2D eigenvalue weighted by Crippen LogP contribution is -2.10. The van der Waals surface area contributed by atoms with E-state index in [1.807, 2.05) is 0 Å². The van der Waals surface area contributed by atoms with E-state index in [1.54, 1.807) is 24.3 Å². The third kappa shape index (κ3) is 4.65. The molecule has 1 heterocycles. The fraction of sp³-hybridized carbons (Fsp3) is 0.500. The first-order valence-electron chi connectivity index (χ1n) is 9.01. The standard InChI is InChI=1S/C18H23N3O5S/c1-27(24,25)15-9-7-14(8-10-15)18-17(13-5-3-2-4-6-13)16(19-20-18)11-12-26-21(22)23/h7-10,13H,2-6,11-12H2,1H3,(H,19,20). The molecule has 0 bridgehead atoms. The number of hydrogen-bond acceptors (Lipinski definition) is 6. The van der Waals surface area contributed by atoms with E-state index in [0.717, 1.165) is 48.2 Å². The lowest BCUT2D eigenvalue weighted by Gasteiger charge is -2.23. The highest BCUT2D eigenvalue weighted by molar-refractivity contribution is 7.90.